The van der Waals surface area contributed by atoms with E-state index in [1.54, 1.807) is 24.3 Å². The number of aryl methyl sites for hydroxylation is 1. The van der Waals surface area contributed by atoms with Gasteiger partial charge in [-0.25, -0.2) is 4.39 Å². The van der Waals surface area contributed by atoms with Gasteiger partial charge in [0.25, 0.3) is 5.91 Å². The van der Waals surface area contributed by atoms with Crippen LogP contribution < -0.4 is 10.6 Å². The molecular weight excluding hydrogens is 327 g/mol. The molecule has 0 bridgehead atoms. The fraction of sp³-hybridized carbons (Fsp3) is 0.167. The smallest absolute Gasteiger partial charge is 0.307 e. The number of anilines is 2. The van der Waals surface area contributed by atoms with Crippen molar-refractivity contribution < 1.29 is 23.9 Å². The van der Waals surface area contributed by atoms with Crippen LogP contribution >= 0.6 is 0 Å². The normalized spacial score (nSPS) is 12.9. The quantitative estimate of drug-likeness (QED) is 0.796. The van der Waals surface area contributed by atoms with Gasteiger partial charge in [-0.1, -0.05) is 18.2 Å². The molecule has 1 aliphatic heterocycles. The van der Waals surface area contributed by atoms with Crippen LogP contribution in [0.15, 0.2) is 36.4 Å². The van der Waals surface area contributed by atoms with E-state index in [0.29, 0.717) is 28.9 Å². The summed E-state index contributed by atoms with van der Waals surface area (Å²) in [4.78, 5) is 34.7. The number of rotatable bonds is 4. The van der Waals surface area contributed by atoms with Gasteiger partial charge in [0.2, 0.25) is 5.91 Å². The fourth-order valence-corrected chi connectivity index (χ4v) is 2.73. The van der Waals surface area contributed by atoms with Crippen molar-refractivity contribution in [3.8, 4) is 0 Å². The van der Waals surface area contributed by atoms with Crippen LogP contribution in [-0.2, 0) is 22.4 Å². The standard InChI is InChI=1S/C18H15FN2O4/c19-13-9-15-11(5-6-16(22)20-15)7-12(13)18(25)21-14-4-2-1-3-10(14)8-17(23)24/h1-4,7,9H,5-6,8H2,(H,20,22)(H,21,25)(H,23,24). The number of nitrogens with one attached hydrogen (secondary N) is 2. The molecule has 2 aromatic carbocycles. The number of carboxylic acids is 1. The SMILES string of the molecule is O=C(O)Cc1ccccc1NC(=O)c1cc2c(cc1F)NC(=O)CC2. The summed E-state index contributed by atoms with van der Waals surface area (Å²) in [6.45, 7) is 0. The molecule has 1 heterocycles. The lowest BCUT2D eigenvalue weighted by atomic mass is 9.99. The van der Waals surface area contributed by atoms with E-state index in [4.69, 9.17) is 5.11 Å². The van der Waals surface area contributed by atoms with Crippen LogP contribution in [0.1, 0.15) is 27.9 Å². The molecule has 3 rings (SSSR count). The second kappa shape index (κ2) is 6.72. The van der Waals surface area contributed by atoms with Crippen molar-refractivity contribution in [1.82, 2.24) is 0 Å². The number of fused-ring (bicyclic) bond motifs is 1. The Morgan fingerprint density at radius 1 is 1.20 bits per heavy atom. The molecule has 0 spiro atoms. The van der Waals surface area contributed by atoms with E-state index in [0.717, 1.165) is 6.07 Å². The zero-order chi connectivity index (χ0) is 18.0. The summed E-state index contributed by atoms with van der Waals surface area (Å²) in [6.07, 6.45) is 0.452. The highest BCUT2D eigenvalue weighted by Gasteiger charge is 2.21. The Morgan fingerprint density at radius 3 is 2.72 bits per heavy atom. The van der Waals surface area contributed by atoms with Gasteiger partial charge >= 0.3 is 5.97 Å². The largest absolute Gasteiger partial charge is 0.481 e. The molecule has 0 aliphatic carbocycles. The van der Waals surface area contributed by atoms with E-state index < -0.39 is 17.7 Å². The minimum atomic E-state index is -1.03. The Kier molecular flexibility index (Phi) is 4.47. The predicted octanol–water partition coefficient (Wildman–Crippen LogP) is 2.59. The maximum atomic E-state index is 14.3. The van der Waals surface area contributed by atoms with E-state index >= 15 is 0 Å². The lowest BCUT2D eigenvalue weighted by Gasteiger charge is -2.18. The number of aliphatic carboxylic acids is 1. The van der Waals surface area contributed by atoms with Crippen LogP contribution in [0.4, 0.5) is 15.8 Å². The van der Waals surface area contributed by atoms with Gasteiger partial charge in [-0.05, 0) is 35.7 Å². The third kappa shape index (κ3) is 3.65. The van der Waals surface area contributed by atoms with Gasteiger partial charge in [-0.15, -0.1) is 0 Å². The van der Waals surface area contributed by atoms with E-state index in [1.165, 1.54) is 6.07 Å². The highest BCUT2D eigenvalue weighted by Crippen LogP contribution is 2.27. The molecule has 25 heavy (non-hydrogen) atoms. The molecule has 6 nitrogen and oxygen atoms in total. The minimum absolute atomic E-state index is 0.153. The van der Waals surface area contributed by atoms with Gasteiger partial charge in [0.05, 0.1) is 12.0 Å². The number of amides is 2. The summed E-state index contributed by atoms with van der Waals surface area (Å²) < 4.78 is 14.3. The van der Waals surface area contributed by atoms with Crippen molar-refractivity contribution in [1.29, 1.82) is 0 Å². The summed E-state index contributed by atoms with van der Waals surface area (Å²) >= 11 is 0. The Morgan fingerprint density at radius 2 is 1.96 bits per heavy atom. The number of hydrogen-bond donors (Lipinski definition) is 3. The van der Waals surface area contributed by atoms with Gasteiger partial charge in [-0.2, -0.15) is 0 Å². The van der Waals surface area contributed by atoms with Crippen molar-refractivity contribution in [2.45, 2.75) is 19.3 Å². The molecule has 7 heteroatoms. The topological polar surface area (TPSA) is 95.5 Å². The molecule has 0 unspecified atom stereocenters. The Labute approximate surface area is 142 Å². The maximum absolute atomic E-state index is 14.3. The van der Waals surface area contributed by atoms with Crippen molar-refractivity contribution in [3.63, 3.8) is 0 Å². The lowest BCUT2D eigenvalue weighted by Crippen LogP contribution is -2.21. The average Bonchev–Trinajstić information content (AvgIpc) is 2.55. The molecule has 0 saturated carbocycles. The summed E-state index contributed by atoms with van der Waals surface area (Å²) in [6, 6.07) is 9.01. The van der Waals surface area contributed by atoms with Crippen molar-refractivity contribution in [3.05, 3.63) is 58.9 Å². The Bertz CT molecular complexity index is 879. The number of carbonyl (C=O) groups is 3. The number of benzene rings is 2. The highest BCUT2D eigenvalue weighted by molar-refractivity contribution is 6.06. The molecular formula is C18H15FN2O4. The van der Waals surface area contributed by atoms with Crippen LogP contribution in [0.3, 0.4) is 0 Å². The molecule has 1 aliphatic rings. The summed E-state index contributed by atoms with van der Waals surface area (Å²) in [5.74, 6) is -2.65. The van der Waals surface area contributed by atoms with Crippen molar-refractivity contribution in [2.24, 2.45) is 0 Å². The number of carboxylic acid groups (broad SMARTS) is 1. The Hall–Kier alpha value is -3.22. The first-order valence-corrected chi connectivity index (χ1v) is 7.67. The van der Waals surface area contributed by atoms with Gasteiger partial charge in [0.15, 0.2) is 0 Å². The lowest BCUT2D eigenvalue weighted by molar-refractivity contribution is -0.136. The monoisotopic (exact) mass is 342 g/mol. The average molecular weight is 342 g/mol. The van der Waals surface area contributed by atoms with Crippen LogP contribution in [0.2, 0.25) is 0 Å². The summed E-state index contributed by atoms with van der Waals surface area (Å²) in [7, 11) is 0. The van der Waals surface area contributed by atoms with Gasteiger partial charge in [0.1, 0.15) is 5.82 Å². The molecule has 2 aromatic rings. The van der Waals surface area contributed by atoms with Gasteiger partial charge < -0.3 is 15.7 Å². The first-order chi connectivity index (χ1) is 11.9. The second-order valence-electron chi connectivity index (χ2n) is 5.72. The first-order valence-electron chi connectivity index (χ1n) is 7.67. The predicted molar refractivity (Wildman–Crippen MR) is 89.1 cm³/mol. The maximum Gasteiger partial charge on any atom is 0.307 e. The first kappa shape index (κ1) is 16.6. The fourth-order valence-electron chi connectivity index (χ4n) is 2.73. The number of carbonyl (C=O) groups excluding carboxylic acids is 2. The van der Waals surface area contributed by atoms with E-state index in [1.807, 2.05) is 0 Å². The second-order valence-corrected chi connectivity index (χ2v) is 5.72. The van der Waals surface area contributed by atoms with Crippen molar-refractivity contribution >= 4 is 29.2 Å². The van der Waals surface area contributed by atoms with Gasteiger partial charge in [-0.3, -0.25) is 14.4 Å². The zero-order valence-corrected chi connectivity index (χ0v) is 13.1. The van der Waals surface area contributed by atoms with Gasteiger partial charge in [0, 0.05) is 17.8 Å². The summed E-state index contributed by atoms with van der Waals surface area (Å²) in [5, 5.41) is 14.1. The summed E-state index contributed by atoms with van der Waals surface area (Å²) in [5.41, 5.74) is 1.65. The Balaban J connectivity index is 1.87. The van der Waals surface area contributed by atoms with E-state index in [9.17, 15) is 18.8 Å². The molecule has 0 radical (unpaired) electrons. The van der Waals surface area contributed by atoms with E-state index in [2.05, 4.69) is 10.6 Å². The van der Waals surface area contributed by atoms with Crippen LogP contribution in [-0.4, -0.2) is 22.9 Å². The van der Waals surface area contributed by atoms with Crippen LogP contribution in [0.5, 0.6) is 0 Å². The minimum Gasteiger partial charge on any atom is -0.481 e. The number of para-hydroxylation sites is 1. The molecule has 3 N–H and O–H groups in total. The zero-order valence-electron chi connectivity index (χ0n) is 13.1. The molecule has 0 atom stereocenters. The molecule has 128 valence electrons. The third-order valence-electron chi connectivity index (χ3n) is 3.94. The highest BCUT2D eigenvalue weighted by atomic mass is 19.1. The molecule has 0 aromatic heterocycles. The molecule has 2 amide bonds. The van der Waals surface area contributed by atoms with E-state index in [-0.39, 0.29) is 24.3 Å². The third-order valence-corrected chi connectivity index (χ3v) is 3.94. The molecule has 0 fully saturated rings. The number of hydrogen-bond acceptors (Lipinski definition) is 3. The van der Waals surface area contributed by atoms with Crippen LogP contribution in [0.25, 0.3) is 0 Å². The van der Waals surface area contributed by atoms with Crippen molar-refractivity contribution in [2.75, 3.05) is 10.6 Å². The number of halogens is 1. The van der Waals surface area contributed by atoms with Crippen LogP contribution in [0, 0.1) is 5.82 Å². The molecule has 0 saturated heterocycles.